The van der Waals surface area contributed by atoms with E-state index >= 15 is 0 Å². The van der Waals surface area contributed by atoms with Crippen LogP contribution in [-0.2, 0) is 4.79 Å². The Balaban J connectivity index is 1.22. The summed E-state index contributed by atoms with van der Waals surface area (Å²) in [6.45, 7) is 3.90. The van der Waals surface area contributed by atoms with Crippen molar-refractivity contribution in [2.45, 2.75) is 31.6 Å². The Morgan fingerprint density at radius 1 is 1.06 bits per heavy atom. The number of aromatic nitrogens is 1. The van der Waals surface area contributed by atoms with Crippen molar-refractivity contribution in [1.82, 2.24) is 9.88 Å². The molecule has 34 heavy (non-hydrogen) atoms. The van der Waals surface area contributed by atoms with Crippen molar-refractivity contribution < 1.29 is 13.9 Å². The zero-order chi connectivity index (χ0) is 23.7. The van der Waals surface area contributed by atoms with Gasteiger partial charge < -0.3 is 24.8 Å². The van der Waals surface area contributed by atoms with E-state index < -0.39 is 0 Å². The van der Waals surface area contributed by atoms with Gasteiger partial charge in [0.2, 0.25) is 5.91 Å². The molecule has 2 heterocycles. The molecular formula is C27H33FN4O2. The van der Waals surface area contributed by atoms with E-state index in [9.17, 15) is 9.18 Å². The molecular weight excluding hydrogens is 431 g/mol. The molecule has 0 radical (unpaired) electrons. The topological polar surface area (TPSA) is 60.6 Å². The second-order valence-electron chi connectivity index (χ2n) is 9.65. The number of fused-ring (bicyclic) bond motifs is 1. The van der Waals surface area contributed by atoms with Gasteiger partial charge in [0.25, 0.3) is 0 Å². The van der Waals surface area contributed by atoms with Crippen LogP contribution in [0, 0.1) is 11.7 Å². The fourth-order valence-corrected chi connectivity index (χ4v) is 5.43. The number of H-pyrrole nitrogens is 1. The van der Waals surface area contributed by atoms with Crippen molar-refractivity contribution in [1.29, 1.82) is 0 Å². The molecule has 0 unspecified atom stereocenters. The Hall–Kier alpha value is -3.06. The van der Waals surface area contributed by atoms with Gasteiger partial charge in [0.05, 0.1) is 12.8 Å². The second-order valence-corrected chi connectivity index (χ2v) is 9.65. The zero-order valence-corrected chi connectivity index (χ0v) is 19.9. The summed E-state index contributed by atoms with van der Waals surface area (Å²) in [5.41, 5.74) is 3.93. The lowest BCUT2D eigenvalue weighted by molar-refractivity contribution is -0.120. The monoisotopic (exact) mass is 464 g/mol. The van der Waals surface area contributed by atoms with Crippen LogP contribution in [0.3, 0.4) is 0 Å². The molecule has 0 atom stereocenters. The molecule has 1 amide bonds. The highest BCUT2D eigenvalue weighted by Gasteiger charge is 2.29. The Bertz CT molecular complexity index is 1160. The summed E-state index contributed by atoms with van der Waals surface area (Å²) >= 11 is 0. The van der Waals surface area contributed by atoms with Gasteiger partial charge in [0, 0.05) is 54.9 Å². The van der Waals surface area contributed by atoms with E-state index in [0.29, 0.717) is 5.92 Å². The van der Waals surface area contributed by atoms with Crippen molar-refractivity contribution in [3.8, 4) is 5.75 Å². The molecule has 0 bridgehead atoms. The Morgan fingerprint density at radius 2 is 1.82 bits per heavy atom. The predicted molar refractivity (Wildman–Crippen MR) is 134 cm³/mol. The standard InChI is InChI=1S/C27H33FN4O2/c1-31-11-13-32(14-12-31)25-16-21(8-10-26(25)34-2)30-27(33)19-5-3-18(4-6-19)23-17-29-24-15-20(28)7-9-22(23)24/h7-10,15-19,29H,3-6,11-14H2,1-2H3,(H,30,33). The van der Waals surface area contributed by atoms with Crippen LogP contribution in [0.2, 0.25) is 0 Å². The van der Waals surface area contributed by atoms with Gasteiger partial charge in [-0.1, -0.05) is 0 Å². The lowest BCUT2D eigenvalue weighted by Gasteiger charge is -2.35. The molecule has 2 aromatic carbocycles. The van der Waals surface area contributed by atoms with Crippen molar-refractivity contribution in [3.63, 3.8) is 0 Å². The molecule has 2 fully saturated rings. The minimum Gasteiger partial charge on any atom is -0.495 e. The number of hydrogen-bond acceptors (Lipinski definition) is 4. The largest absolute Gasteiger partial charge is 0.495 e. The first-order valence-corrected chi connectivity index (χ1v) is 12.2. The minimum absolute atomic E-state index is 0.00749. The first-order valence-electron chi connectivity index (χ1n) is 12.2. The number of likely N-dealkylation sites (N-methyl/N-ethyl adjacent to an activating group) is 1. The lowest BCUT2D eigenvalue weighted by Crippen LogP contribution is -2.44. The minimum atomic E-state index is -0.226. The van der Waals surface area contributed by atoms with E-state index in [0.717, 1.165) is 79.9 Å². The van der Waals surface area contributed by atoms with Gasteiger partial charge in [0.15, 0.2) is 0 Å². The third kappa shape index (κ3) is 4.62. The van der Waals surface area contributed by atoms with Gasteiger partial charge in [0.1, 0.15) is 11.6 Å². The van der Waals surface area contributed by atoms with Crippen LogP contribution >= 0.6 is 0 Å². The second kappa shape index (κ2) is 9.66. The number of anilines is 2. The van der Waals surface area contributed by atoms with E-state index in [1.54, 1.807) is 13.2 Å². The summed E-state index contributed by atoms with van der Waals surface area (Å²) in [4.78, 5) is 20.9. The zero-order valence-electron chi connectivity index (χ0n) is 19.9. The number of amides is 1. The predicted octanol–water partition coefficient (Wildman–Crippen LogP) is 4.98. The number of ether oxygens (including phenoxy) is 1. The van der Waals surface area contributed by atoms with Crippen LogP contribution in [0.5, 0.6) is 5.75 Å². The molecule has 6 nitrogen and oxygen atoms in total. The molecule has 7 heteroatoms. The van der Waals surface area contributed by atoms with E-state index in [2.05, 4.69) is 27.1 Å². The molecule has 180 valence electrons. The third-order valence-corrected chi connectivity index (χ3v) is 7.50. The molecule has 5 rings (SSSR count). The number of benzene rings is 2. The third-order valence-electron chi connectivity index (χ3n) is 7.50. The van der Waals surface area contributed by atoms with E-state index in [4.69, 9.17) is 4.74 Å². The first-order chi connectivity index (χ1) is 16.5. The maximum Gasteiger partial charge on any atom is 0.227 e. The highest BCUT2D eigenvalue weighted by molar-refractivity contribution is 5.93. The van der Waals surface area contributed by atoms with Crippen molar-refractivity contribution in [3.05, 3.63) is 54.0 Å². The molecule has 1 aliphatic carbocycles. The summed E-state index contributed by atoms with van der Waals surface area (Å²) in [6, 6.07) is 10.8. The summed E-state index contributed by atoms with van der Waals surface area (Å²) in [6.07, 6.45) is 5.62. The smallest absolute Gasteiger partial charge is 0.227 e. The first kappa shape index (κ1) is 22.7. The molecule has 1 saturated carbocycles. The van der Waals surface area contributed by atoms with Gasteiger partial charge in [-0.15, -0.1) is 0 Å². The fourth-order valence-electron chi connectivity index (χ4n) is 5.43. The van der Waals surface area contributed by atoms with E-state index in [1.807, 2.05) is 30.5 Å². The molecule has 2 aliphatic rings. The quantitative estimate of drug-likeness (QED) is 0.559. The summed E-state index contributed by atoms with van der Waals surface area (Å²) < 4.78 is 19.1. The van der Waals surface area contributed by atoms with E-state index in [-0.39, 0.29) is 17.6 Å². The average molecular weight is 465 g/mol. The number of carbonyl (C=O) groups excluding carboxylic acids is 1. The van der Waals surface area contributed by atoms with Crippen molar-refractivity contribution >= 4 is 28.2 Å². The molecule has 1 aliphatic heterocycles. The van der Waals surface area contributed by atoms with Crippen LogP contribution in [-0.4, -0.2) is 56.1 Å². The summed E-state index contributed by atoms with van der Waals surface area (Å²) in [7, 11) is 3.83. The lowest BCUT2D eigenvalue weighted by atomic mass is 9.78. The maximum atomic E-state index is 13.5. The highest BCUT2D eigenvalue weighted by Crippen LogP contribution is 2.39. The number of halogens is 1. The molecule has 1 saturated heterocycles. The number of hydrogen-bond donors (Lipinski definition) is 2. The molecule has 0 spiro atoms. The Kier molecular flexibility index (Phi) is 6.46. The normalized spacial score (nSPS) is 21.6. The number of carbonyl (C=O) groups is 1. The Morgan fingerprint density at radius 3 is 2.56 bits per heavy atom. The highest BCUT2D eigenvalue weighted by atomic mass is 19.1. The molecule has 3 aromatic rings. The van der Waals surface area contributed by atoms with Crippen LogP contribution in [0.4, 0.5) is 15.8 Å². The number of aromatic amines is 1. The maximum absolute atomic E-state index is 13.5. The summed E-state index contributed by atoms with van der Waals surface area (Å²) in [5.74, 6) is 1.10. The van der Waals surface area contributed by atoms with Gasteiger partial charge in [-0.05, 0) is 80.6 Å². The number of rotatable bonds is 5. The van der Waals surface area contributed by atoms with Crippen molar-refractivity contribution in [2.24, 2.45) is 5.92 Å². The van der Waals surface area contributed by atoms with Gasteiger partial charge >= 0.3 is 0 Å². The van der Waals surface area contributed by atoms with E-state index in [1.165, 1.54) is 11.6 Å². The van der Waals surface area contributed by atoms with Crippen LogP contribution in [0.1, 0.15) is 37.2 Å². The number of piperazine rings is 1. The number of nitrogens with zero attached hydrogens (tertiary/aromatic N) is 2. The van der Waals surface area contributed by atoms with Gasteiger partial charge in [-0.3, -0.25) is 4.79 Å². The fraction of sp³-hybridized carbons (Fsp3) is 0.444. The average Bonchev–Trinajstić information content (AvgIpc) is 3.27. The van der Waals surface area contributed by atoms with Crippen LogP contribution in [0.15, 0.2) is 42.6 Å². The van der Waals surface area contributed by atoms with Crippen molar-refractivity contribution in [2.75, 3.05) is 50.6 Å². The summed E-state index contributed by atoms with van der Waals surface area (Å²) in [5, 5.41) is 4.24. The Labute approximate surface area is 200 Å². The van der Waals surface area contributed by atoms with Gasteiger partial charge in [-0.25, -0.2) is 4.39 Å². The van der Waals surface area contributed by atoms with Gasteiger partial charge in [-0.2, -0.15) is 0 Å². The number of nitrogens with one attached hydrogen (secondary N) is 2. The van der Waals surface area contributed by atoms with Crippen LogP contribution in [0.25, 0.3) is 10.9 Å². The SMILES string of the molecule is COc1ccc(NC(=O)C2CCC(c3c[nH]c4cc(F)ccc34)CC2)cc1N1CCN(C)CC1. The molecule has 1 aromatic heterocycles. The number of methoxy groups -OCH3 is 1. The molecule has 2 N–H and O–H groups in total. The van der Waals surface area contributed by atoms with Crippen LogP contribution < -0.4 is 15.0 Å².